The number of hydrogen-bond acceptors (Lipinski definition) is 8. The molecule has 0 aromatic heterocycles. The standard InChI is InChI=1S/C9H15NO2.C6H14O.C3H3NO2.H2O4S/c1-3-8(4-2)7-12-9(11)5-6-10;1-3-6(4-2)5-7;4-2-1-3(5)6;1-5(2,3)4/h8H,3-5,7H2,1-2H3;6-7H,3-5H2,1-2H3;1H2,(H,5,6);(H2,1,2,3,4). The average Bonchev–Trinajstić information content (AvgIpc) is 2.64. The van der Waals surface area contributed by atoms with Gasteiger partial charge in [-0.25, -0.2) is 0 Å². The minimum atomic E-state index is -4.67. The van der Waals surface area contributed by atoms with Gasteiger partial charge in [-0.1, -0.05) is 53.4 Å². The maximum absolute atomic E-state index is 10.7. The number of aliphatic hydroxyl groups is 1. The number of carboxylic acid groups (broad SMARTS) is 1. The highest BCUT2D eigenvalue weighted by atomic mass is 32.3. The van der Waals surface area contributed by atoms with Gasteiger partial charge in [0, 0.05) is 6.61 Å². The molecule has 11 nitrogen and oxygen atoms in total. The molecular formula is C18H34N2O9S. The molecule has 0 heterocycles. The average molecular weight is 455 g/mol. The number of rotatable bonds is 9. The number of nitrogens with zero attached hydrogens (tertiary/aromatic N) is 2. The molecule has 0 fully saturated rings. The lowest BCUT2D eigenvalue weighted by molar-refractivity contribution is -0.144. The van der Waals surface area contributed by atoms with Gasteiger partial charge in [0.05, 0.1) is 18.7 Å². The number of carboxylic acids is 1. The Morgan fingerprint density at radius 3 is 1.43 bits per heavy atom. The van der Waals surface area contributed by atoms with Gasteiger partial charge in [-0.3, -0.25) is 18.7 Å². The van der Waals surface area contributed by atoms with E-state index in [1.54, 1.807) is 6.07 Å². The van der Waals surface area contributed by atoms with Crippen molar-refractivity contribution in [2.45, 2.75) is 66.2 Å². The lowest BCUT2D eigenvalue weighted by Crippen LogP contribution is -2.12. The lowest BCUT2D eigenvalue weighted by atomic mass is 10.1. The molecule has 0 aliphatic heterocycles. The zero-order valence-corrected chi connectivity index (χ0v) is 18.8. The normalized spacial score (nSPS) is 9.43. The van der Waals surface area contributed by atoms with Crippen molar-refractivity contribution in [1.29, 1.82) is 10.5 Å². The van der Waals surface area contributed by atoms with E-state index in [4.69, 9.17) is 43.0 Å². The second-order valence-electron chi connectivity index (χ2n) is 5.74. The van der Waals surface area contributed by atoms with Crippen molar-refractivity contribution >= 4 is 22.3 Å². The molecule has 0 radical (unpaired) electrons. The molecule has 0 unspecified atom stereocenters. The first-order valence-electron chi connectivity index (χ1n) is 9.28. The third-order valence-electron chi connectivity index (χ3n) is 3.50. The lowest BCUT2D eigenvalue weighted by Gasteiger charge is -2.11. The number of aliphatic hydroxyl groups excluding tert-OH is 1. The topological polar surface area (TPSA) is 206 Å². The first-order chi connectivity index (χ1) is 13.9. The Hall–Kier alpha value is -2.25. The summed E-state index contributed by atoms with van der Waals surface area (Å²) < 4.78 is 36.4. The fraction of sp³-hybridized carbons (Fsp3) is 0.778. The van der Waals surface area contributed by atoms with Gasteiger partial charge >= 0.3 is 22.3 Å². The van der Waals surface area contributed by atoms with Crippen molar-refractivity contribution < 1.29 is 42.1 Å². The van der Waals surface area contributed by atoms with E-state index in [9.17, 15) is 9.59 Å². The zero-order valence-electron chi connectivity index (χ0n) is 17.9. The molecule has 0 atom stereocenters. The second kappa shape index (κ2) is 24.8. The highest BCUT2D eigenvalue weighted by Gasteiger charge is 2.07. The Morgan fingerprint density at radius 1 is 0.900 bits per heavy atom. The van der Waals surface area contributed by atoms with Gasteiger partial charge in [-0.2, -0.15) is 18.9 Å². The van der Waals surface area contributed by atoms with E-state index in [-0.39, 0.29) is 6.42 Å². The number of ether oxygens (including phenoxy) is 1. The fourth-order valence-corrected chi connectivity index (χ4v) is 1.47. The molecule has 0 aromatic carbocycles. The molecule has 0 aliphatic carbocycles. The number of aliphatic carboxylic acids is 1. The molecule has 12 heteroatoms. The van der Waals surface area contributed by atoms with Crippen molar-refractivity contribution in [2.24, 2.45) is 11.8 Å². The van der Waals surface area contributed by atoms with Crippen LogP contribution in [0.3, 0.4) is 0 Å². The van der Waals surface area contributed by atoms with Crippen LogP contribution >= 0.6 is 0 Å². The molecular weight excluding hydrogens is 420 g/mol. The molecule has 0 spiro atoms. The van der Waals surface area contributed by atoms with Gasteiger partial charge in [0.25, 0.3) is 0 Å². The molecule has 0 amide bonds. The monoisotopic (exact) mass is 454 g/mol. The van der Waals surface area contributed by atoms with Crippen LogP contribution in [0.25, 0.3) is 0 Å². The Kier molecular flexibility index (Phi) is 29.1. The highest BCUT2D eigenvalue weighted by molar-refractivity contribution is 7.79. The first kappa shape index (κ1) is 35.2. The quantitative estimate of drug-likeness (QED) is 0.294. The SMILES string of the molecule is CCC(CC)CO.CCC(CC)COC(=O)CC#N.N#CCC(=O)O.O=S(=O)(O)O. The Labute approximate surface area is 178 Å². The molecule has 0 saturated heterocycles. The van der Waals surface area contributed by atoms with Crippen LogP contribution in [0.5, 0.6) is 0 Å². The van der Waals surface area contributed by atoms with Crippen molar-refractivity contribution in [3.8, 4) is 12.1 Å². The summed E-state index contributed by atoms with van der Waals surface area (Å²) in [4.78, 5) is 20.1. The highest BCUT2D eigenvalue weighted by Crippen LogP contribution is 2.07. The molecule has 0 rings (SSSR count). The first-order valence-corrected chi connectivity index (χ1v) is 10.7. The summed E-state index contributed by atoms with van der Waals surface area (Å²) in [6.07, 6.45) is 3.69. The Balaban J connectivity index is -0.000000161. The van der Waals surface area contributed by atoms with Gasteiger partial charge in [-0.15, -0.1) is 0 Å². The van der Waals surface area contributed by atoms with E-state index in [2.05, 4.69) is 27.7 Å². The predicted molar refractivity (Wildman–Crippen MR) is 108 cm³/mol. The van der Waals surface area contributed by atoms with E-state index in [0.717, 1.165) is 25.7 Å². The minimum Gasteiger partial charge on any atom is -0.480 e. The van der Waals surface area contributed by atoms with Crippen LogP contribution in [0, 0.1) is 34.5 Å². The fourth-order valence-electron chi connectivity index (χ4n) is 1.47. The number of carbonyl (C=O) groups excluding carboxylic acids is 1. The third-order valence-corrected chi connectivity index (χ3v) is 3.50. The molecule has 0 aliphatic rings. The Morgan fingerprint density at radius 2 is 1.27 bits per heavy atom. The summed E-state index contributed by atoms with van der Waals surface area (Å²) in [6.45, 7) is 9.13. The van der Waals surface area contributed by atoms with Gasteiger partial charge in [0.1, 0.15) is 12.8 Å². The van der Waals surface area contributed by atoms with Crippen LogP contribution in [0.4, 0.5) is 0 Å². The summed E-state index contributed by atoms with van der Waals surface area (Å²) >= 11 is 0. The molecule has 0 bridgehead atoms. The number of nitriles is 2. The van der Waals surface area contributed by atoms with Gasteiger partial charge in [0.15, 0.2) is 0 Å². The zero-order chi connectivity index (χ0) is 24.6. The Bertz CT molecular complexity index is 589. The summed E-state index contributed by atoms with van der Waals surface area (Å²) in [6, 6.07) is 3.22. The predicted octanol–water partition coefficient (Wildman–Crippen LogP) is 2.63. The molecule has 4 N–H and O–H groups in total. The maximum Gasteiger partial charge on any atom is 0.394 e. The van der Waals surface area contributed by atoms with E-state index in [1.807, 2.05) is 0 Å². The van der Waals surface area contributed by atoms with Crippen molar-refractivity contribution in [3.05, 3.63) is 0 Å². The third kappa shape index (κ3) is 44.9. The van der Waals surface area contributed by atoms with E-state index in [0.29, 0.717) is 25.0 Å². The summed E-state index contributed by atoms with van der Waals surface area (Å²) in [5.41, 5.74) is 0. The summed E-state index contributed by atoms with van der Waals surface area (Å²) in [5, 5.41) is 32.0. The van der Waals surface area contributed by atoms with Crippen LogP contribution in [0.2, 0.25) is 0 Å². The van der Waals surface area contributed by atoms with Crippen LogP contribution in [-0.4, -0.2) is 52.9 Å². The summed E-state index contributed by atoms with van der Waals surface area (Å²) in [5.74, 6) is -0.505. The molecule has 0 saturated carbocycles. The maximum atomic E-state index is 10.7. The van der Waals surface area contributed by atoms with E-state index < -0.39 is 28.8 Å². The smallest absolute Gasteiger partial charge is 0.394 e. The van der Waals surface area contributed by atoms with Crippen molar-refractivity contribution in [1.82, 2.24) is 0 Å². The van der Waals surface area contributed by atoms with Gasteiger partial charge in [0.2, 0.25) is 0 Å². The van der Waals surface area contributed by atoms with Crippen molar-refractivity contribution in [3.63, 3.8) is 0 Å². The van der Waals surface area contributed by atoms with Crippen molar-refractivity contribution in [2.75, 3.05) is 13.2 Å². The van der Waals surface area contributed by atoms with E-state index in [1.165, 1.54) is 6.07 Å². The number of esters is 1. The largest absolute Gasteiger partial charge is 0.480 e. The van der Waals surface area contributed by atoms with Crippen LogP contribution in [0.15, 0.2) is 0 Å². The van der Waals surface area contributed by atoms with Crippen LogP contribution in [-0.2, 0) is 24.7 Å². The minimum absolute atomic E-state index is 0.139. The van der Waals surface area contributed by atoms with Gasteiger partial charge < -0.3 is 14.9 Å². The van der Waals surface area contributed by atoms with Gasteiger partial charge in [-0.05, 0) is 11.8 Å². The molecule has 30 heavy (non-hydrogen) atoms. The number of hydrogen-bond donors (Lipinski definition) is 4. The molecule has 176 valence electrons. The molecule has 0 aromatic rings. The van der Waals surface area contributed by atoms with Crippen LogP contribution < -0.4 is 0 Å². The summed E-state index contributed by atoms with van der Waals surface area (Å²) in [7, 11) is -4.67. The van der Waals surface area contributed by atoms with Crippen LogP contribution in [0.1, 0.15) is 66.2 Å². The second-order valence-corrected chi connectivity index (χ2v) is 6.64. The number of carbonyl (C=O) groups is 2. The van der Waals surface area contributed by atoms with E-state index >= 15 is 0 Å².